The summed E-state index contributed by atoms with van der Waals surface area (Å²) in [4.78, 5) is 11.8. The van der Waals surface area contributed by atoms with Crippen LogP contribution in [0.1, 0.15) is 6.42 Å². The molecule has 0 radical (unpaired) electrons. The van der Waals surface area contributed by atoms with E-state index in [1.165, 1.54) is 36.0 Å². The van der Waals surface area contributed by atoms with Gasteiger partial charge in [0.05, 0.1) is 0 Å². The van der Waals surface area contributed by atoms with Crippen molar-refractivity contribution in [3.8, 4) is 11.5 Å². The average Bonchev–Trinajstić information content (AvgIpc) is 3.06. The van der Waals surface area contributed by atoms with Gasteiger partial charge in [-0.2, -0.15) is 0 Å². The fraction of sp³-hybridized carbons (Fsp3) is 0.118. The molecule has 1 aromatic heterocycles. The first kappa shape index (κ1) is 17.4. The normalized spacial score (nSPS) is 10.6. The number of hydrogen-bond acceptors (Lipinski definition) is 5. The van der Waals surface area contributed by atoms with Gasteiger partial charge in [0.2, 0.25) is 11.8 Å². The second-order valence-electron chi connectivity index (χ2n) is 5.03. The zero-order valence-electron chi connectivity index (χ0n) is 12.9. The number of rotatable bonds is 6. The minimum absolute atomic E-state index is 0.170. The third-order valence-corrected chi connectivity index (χ3v) is 4.25. The molecule has 1 heterocycles. The van der Waals surface area contributed by atoms with Crippen molar-refractivity contribution in [1.29, 1.82) is 0 Å². The second-order valence-corrected chi connectivity index (χ2v) is 6.52. The number of nitrogens with one attached hydrogen (secondary N) is 1. The van der Waals surface area contributed by atoms with E-state index < -0.39 is 0 Å². The van der Waals surface area contributed by atoms with Gasteiger partial charge >= 0.3 is 0 Å². The zero-order valence-corrected chi connectivity index (χ0v) is 14.5. The van der Waals surface area contributed by atoms with E-state index >= 15 is 0 Å². The van der Waals surface area contributed by atoms with Crippen molar-refractivity contribution in [3.63, 3.8) is 0 Å². The van der Waals surface area contributed by atoms with Gasteiger partial charge in [-0.3, -0.25) is 4.79 Å². The highest BCUT2D eigenvalue weighted by Crippen LogP contribution is 2.24. The summed E-state index contributed by atoms with van der Waals surface area (Å²) in [6, 6.07) is 12.7. The molecule has 2 aromatic carbocycles. The molecule has 8 heteroatoms. The third-order valence-electron chi connectivity index (χ3n) is 3.18. The summed E-state index contributed by atoms with van der Waals surface area (Å²) in [6.45, 7) is 0. The van der Waals surface area contributed by atoms with Gasteiger partial charge in [-0.15, -0.1) is 10.2 Å². The molecule has 1 N–H and O–H groups in total. The molecule has 0 aliphatic carbocycles. The largest absolute Gasteiger partial charge is 0.411 e. The summed E-state index contributed by atoms with van der Waals surface area (Å²) in [7, 11) is 0. The fourth-order valence-corrected chi connectivity index (χ4v) is 2.79. The molecule has 0 atom stereocenters. The highest BCUT2D eigenvalue weighted by molar-refractivity contribution is 7.99. The lowest BCUT2D eigenvalue weighted by Gasteiger charge is -2.03. The molecule has 0 spiro atoms. The van der Waals surface area contributed by atoms with Crippen molar-refractivity contribution in [2.75, 3.05) is 11.1 Å². The molecule has 0 bridgehead atoms. The van der Waals surface area contributed by atoms with Gasteiger partial charge in [0.15, 0.2) is 0 Å². The fourth-order valence-electron chi connectivity index (χ4n) is 1.96. The summed E-state index contributed by atoms with van der Waals surface area (Å²) in [5, 5.41) is 11.6. The number of aromatic nitrogens is 2. The minimum atomic E-state index is -0.346. The molecule has 5 nitrogen and oxygen atoms in total. The first-order valence-electron chi connectivity index (χ1n) is 7.38. The second kappa shape index (κ2) is 8.13. The van der Waals surface area contributed by atoms with Gasteiger partial charge in [-0.25, -0.2) is 4.39 Å². The van der Waals surface area contributed by atoms with E-state index in [9.17, 15) is 9.18 Å². The van der Waals surface area contributed by atoms with E-state index in [-0.39, 0.29) is 18.1 Å². The van der Waals surface area contributed by atoms with E-state index in [0.29, 0.717) is 27.6 Å². The van der Waals surface area contributed by atoms with Crippen LogP contribution in [-0.2, 0) is 4.79 Å². The number of amides is 1. The van der Waals surface area contributed by atoms with Crippen LogP contribution >= 0.6 is 23.4 Å². The van der Waals surface area contributed by atoms with Crippen LogP contribution < -0.4 is 5.32 Å². The molecule has 128 valence electrons. The molecule has 1 amide bonds. The summed E-state index contributed by atoms with van der Waals surface area (Å²) in [6.07, 6.45) is 0.265. The van der Waals surface area contributed by atoms with Gasteiger partial charge in [-0.1, -0.05) is 23.4 Å². The smallest absolute Gasteiger partial charge is 0.276 e. The Bertz CT molecular complexity index is 853. The maximum atomic E-state index is 12.8. The minimum Gasteiger partial charge on any atom is -0.411 e. The summed E-state index contributed by atoms with van der Waals surface area (Å²) >= 11 is 7.13. The summed E-state index contributed by atoms with van der Waals surface area (Å²) in [5.41, 5.74) is 1.33. The number of hydrogen-bond donors (Lipinski definition) is 1. The van der Waals surface area contributed by atoms with Crippen LogP contribution in [-0.4, -0.2) is 21.9 Å². The first-order chi connectivity index (χ1) is 12.1. The Balaban J connectivity index is 1.48. The Morgan fingerprint density at radius 3 is 2.56 bits per heavy atom. The molecule has 3 rings (SSSR count). The molecule has 25 heavy (non-hydrogen) atoms. The van der Waals surface area contributed by atoms with E-state index in [0.717, 1.165) is 5.56 Å². The van der Waals surface area contributed by atoms with Crippen LogP contribution in [0.3, 0.4) is 0 Å². The number of carbonyl (C=O) groups excluding carboxylic acids is 1. The van der Waals surface area contributed by atoms with Crippen LogP contribution in [0.15, 0.2) is 58.2 Å². The third kappa shape index (κ3) is 5.04. The van der Waals surface area contributed by atoms with E-state index in [2.05, 4.69) is 15.5 Å². The lowest BCUT2D eigenvalue weighted by molar-refractivity contribution is -0.115. The monoisotopic (exact) mass is 377 g/mol. The topological polar surface area (TPSA) is 68.0 Å². The quantitative estimate of drug-likeness (QED) is 0.633. The molecular formula is C17H13ClFN3O2S. The zero-order chi connectivity index (χ0) is 17.6. The molecule has 3 aromatic rings. The number of thioether (sulfide) groups is 1. The van der Waals surface area contributed by atoms with E-state index in [4.69, 9.17) is 16.0 Å². The molecular weight excluding hydrogens is 365 g/mol. The average molecular weight is 378 g/mol. The van der Waals surface area contributed by atoms with Crippen molar-refractivity contribution in [2.24, 2.45) is 0 Å². The summed E-state index contributed by atoms with van der Waals surface area (Å²) in [5.74, 6) is 0.364. The van der Waals surface area contributed by atoms with E-state index in [1.54, 1.807) is 24.3 Å². The lowest BCUT2D eigenvalue weighted by Crippen LogP contribution is -2.12. The molecule has 0 unspecified atom stereocenters. The standard InChI is InChI=1S/C17H13ClFN3O2S/c18-12-3-1-11(2-4-12)16-21-22-17(24-16)25-10-9-15(23)20-14-7-5-13(19)6-8-14/h1-8H,9-10H2,(H,20,23). The molecule has 0 aliphatic heterocycles. The van der Waals surface area contributed by atoms with Gasteiger partial charge in [0.25, 0.3) is 5.22 Å². The number of nitrogens with zero attached hydrogens (tertiary/aromatic N) is 2. The van der Waals surface area contributed by atoms with Gasteiger partial charge < -0.3 is 9.73 Å². The summed E-state index contributed by atoms with van der Waals surface area (Å²) < 4.78 is 18.4. The molecule has 0 aliphatic rings. The Morgan fingerprint density at radius 2 is 1.84 bits per heavy atom. The SMILES string of the molecule is O=C(CCSc1nnc(-c2ccc(Cl)cc2)o1)Nc1ccc(F)cc1. The number of benzene rings is 2. The number of anilines is 1. The lowest BCUT2D eigenvalue weighted by atomic mass is 10.2. The van der Waals surface area contributed by atoms with Crippen molar-refractivity contribution < 1.29 is 13.6 Å². The van der Waals surface area contributed by atoms with Gasteiger partial charge in [-0.05, 0) is 48.5 Å². The Kier molecular flexibility index (Phi) is 5.67. The van der Waals surface area contributed by atoms with Crippen LogP contribution in [0.4, 0.5) is 10.1 Å². The predicted molar refractivity (Wildman–Crippen MR) is 95.1 cm³/mol. The van der Waals surface area contributed by atoms with Crippen LogP contribution in [0.25, 0.3) is 11.5 Å². The van der Waals surface area contributed by atoms with Crippen LogP contribution in [0.5, 0.6) is 0 Å². The maximum Gasteiger partial charge on any atom is 0.276 e. The highest BCUT2D eigenvalue weighted by Gasteiger charge is 2.10. The predicted octanol–water partition coefficient (Wildman–Crippen LogP) is 4.65. The Morgan fingerprint density at radius 1 is 1.12 bits per heavy atom. The molecule has 0 fully saturated rings. The van der Waals surface area contributed by atoms with Gasteiger partial charge in [0.1, 0.15) is 5.82 Å². The van der Waals surface area contributed by atoms with E-state index in [1.807, 2.05) is 0 Å². The Hall–Kier alpha value is -2.38. The van der Waals surface area contributed by atoms with Crippen molar-refractivity contribution in [2.45, 2.75) is 11.6 Å². The molecule has 0 saturated carbocycles. The van der Waals surface area contributed by atoms with Crippen molar-refractivity contribution in [1.82, 2.24) is 10.2 Å². The number of carbonyl (C=O) groups is 1. The highest BCUT2D eigenvalue weighted by atomic mass is 35.5. The van der Waals surface area contributed by atoms with Crippen LogP contribution in [0, 0.1) is 5.82 Å². The van der Waals surface area contributed by atoms with Crippen molar-refractivity contribution in [3.05, 3.63) is 59.4 Å². The van der Waals surface area contributed by atoms with Gasteiger partial charge in [0, 0.05) is 28.4 Å². The molecule has 0 saturated heterocycles. The first-order valence-corrected chi connectivity index (χ1v) is 8.74. The van der Waals surface area contributed by atoms with Crippen molar-refractivity contribution >= 4 is 35.0 Å². The maximum absolute atomic E-state index is 12.8. The van der Waals surface area contributed by atoms with Crippen LogP contribution in [0.2, 0.25) is 5.02 Å². The Labute approximate surface area is 152 Å². The number of halogens is 2.